The molecule has 9 heteroatoms. The van der Waals surface area contributed by atoms with E-state index in [1.165, 1.54) is 0 Å². The van der Waals surface area contributed by atoms with Crippen LogP contribution in [0, 0.1) is 0 Å². The number of amides is 3. The van der Waals surface area contributed by atoms with Gasteiger partial charge in [-0.05, 0) is 75.6 Å². The number of nitrogens with one attached hydrogen (secondary N) is 3. The van der Waals surface area contributed by atoms with Crippen LogP contribution in [-0.2, 0) is 9.59 Å². The van der Waals surface area contributed by atoms with Crippen molar-refractivity contribution in [2.24, 2.45) is 0 Å². The van der Waals surface area contributed by atoms with Crippen LogP contribution in [0.25, 0.3) is 10.8 Å². The fourth-order valence-electron chi connectivity index (χ4n) is 2.89. The molecular formula is C23H21Br2N3O4. The summed E-state index contributed by atoms with van der Waals surface area (Å²) in [6.45, 7) is 1.65. The van der Waals surface area contributed by atoms with E-state index in [-0.39, 0.29) is 12.5 Å². The molecule has 0 radical (unpaired) electrons. The number of carbonyl (C=O) groups excluding carboxylic acids is 3. The molecule has 3 aromatic rings. The van der Waals surface area contributed by atoms with Gasteiger partial charge in [-0.15, -0.1) is 0 Å². The first-order valence-electron chi connectivity index (χ1n) is 9.87. The summed E-state index contributed by atoms with van der Waals surface area (Å²) < 4.78 is 7.30. The van der Waals surface area contributed by atoms with E-state index in [9.17, 15) is 14.4 Å². The van der Waals surface area contributed by atoms with Gasteiger partial charge in [0.15, 0.2) is 6.61 Å². The van der Waals surface area contributed by atoms with Gasteiger partial charge in [0, 0.05) is 22.1 Å². The zero-order chi connectivity index (χ0) is 23.1. The summed E-state index contributed by atoms with van der Waals surface area (Å²) in [5.41, 5.74) is 5.61. The number of benzene rings is 3. The van der Waals surface area contributed by atoms with E-state index >= 15 is 0 Å². The summed E-state index contributed by atoms with van der Waals surface area (Å²) in [7, 11) is 0. The SMILES string of the molecule is CCCC(=O)Nc1ccc(C(=O)NNC(=O)COc2ccc3cc(Br)ccc3c2Br)cc1. The van der Waals surface area contributed by atoms with Crippen molar-refractivity contribution in [3.63, 3.8) is 0 Å². The summed E-state index contributed by atoms with van der Waals surface area (Å²) in [5.74, 6) is -0.559. The first kappa shape index (κ1) is 23.7. The van der Waals surface area contributed by atoms with Gasteiger partial charge in [-0.25, -0.2) is 0 Å². The molecule has 0 saturated carbocycles. The van der Waals surface area contributed by atoms with Crippen molar-refractivity contribution in [1.82, 2.24) is 10.9 Å². The maximum Gasteiger partial charge on any atom is 0.276 e. The largest absolute Gasteiger partial charge is 0.483 e. The number of hydrogen-bond donors (Lipinski definition) is 3. The third-order valence-corrected chi connectivity index (χ3v) is 5.77. The number of hydrazine groups is 1. The highest BCUT2D eigenvalue weighted by molar-refractivity contribution is 9.11. The lowest BCUT2D eigenvalue weighted by atomic mass is 10.1. The van der Waals surface area contributed by atoms with Crippen molar-refractivity contribution >= 4 is 66.0 Å². The molecule has 166 valence electrons. The highest BCUT2D eigenvalue weighted by atomic mass is 79.9. The van der Waals surface area contributed by atoms with Crippen molar-refractivity contribution in [1.29, 1.82) is 0 Å². The van der Waals surface area contributed by atoms with E-state index in [4.69, 9.17) is 4.74 Å². The van der Waals surface area contributed by atoms with Crippen LogP contribution in [0.4, 0.5) is 5.69 Å². The lowest BCUT2D eigenvalue weighted by Crippen LogP contribution is -2.43. The number of rotatable bonds is 7. The number of anilines is 1. The van der Waals surface area contributed by atoms with E-state index in [1.807, 2.05) is 31.2 Å². The number of fused-ring (bicyclic) bond motifs is 1. The zero-order valence-corrected chi connectivity index (χ0v) is 20.4. The molecule has 0 aromatic heterocycles. The summed E-state index contributed by atoms with van der Waals surface area (Å²) in [4.78, 5) is 35.9. The third kappa shape index (κ3) is 6.30. The Labute approximate surface area is 202 Å². The number of carbonyl (C=O) groups is 3. The second-order valence-corrected chi connectivity index (χ2v) is 8.62. The van der Waals surface area contributed by atoms with E-state index in [0.717, 1.165) is 26.1 Å². The Morgan fingerprint density at radius 3 is 2.38 bits per heavy atom. The monoisotopic (exact) mass is 561 g/mol. The fourth-order valence-corrected chi connectivity index (χ4v) is 3.87. The van der Waals surface area contributed by atoms with E-state index in [0.29, 0.717) is 23.4 Å². The molecule has 32 heavy (non-hydrogen) atoms. The standard InChI is InChI=1S/C23H21Br2N3O4/c1-2-3-20(29)26-17-8-4-14(5-9-17)23(31)28-27-21(30)13-32-19-11-6-15-12-16(24)7-10-18(15)22(19)25/h4-12H,2-3,13H2,1H3,(H,26,29)(H,27,30)(H,28,31). The Bertz CT molecular complexity index is 1150. The fraction of sp³-hybridized carbons (Fsp3) is 0.174. The summed E-state index contributed by atoms with van der Waals surface area (Å²) in [6, 6.07) is 15.9. The van der Waals surface area contributed by atoms with Gasteiger partial charge >= 0.3 is 0 Å². The topological polar surface area (TPSA) is 96.5 Å². The van der Waals surface area contributed by atoms with Crippen LogP contribution in [0.15, 0.2) is 63.5 Å². The van der Waals surface area contributed by atoms with Gasteiger partial charge in [0.1, 0.15) is 5.75 Å². The average Bonchev–Trinajstić information content (AvgIpc) is 2.77. The molecule has 0 aliphatic rings. The lowest BCUT2D eigenvalue weighted by molar-refractivity contribution is -0.123. The van der Waals surface area contributed by atoms with Gasteiger partial charge in [-0.1, -0.05) is 35.0 Å². The summed E-state index contributed by atoms with van der Waals surface area (Å²) >= 11 is 6.95. The van der Waals surface area contributed by atoms with Crippen LogP contribution in [0.3, 0.4) is 0 Å². The molecule has 0 aliphatic carbocycles. The summed E-state index contributed by atoms with van der Waals surface area (Å²) in [5, 5.41) is 4.72. The molecule has 0 fully saturated rings. The first-order chi connectivity index (χ1) is 15.4. The first-order valence-corrected chi connectivity index (χ1v) is 11.5. The second kappa shape index (κ2) is 11.1. The van der Waals surface area contributed by atoms with E-state index in [1.54, 1.807) is 30.3 Å². The molecule has 0 spiro atoms. The van der Waals surface area contributed by atoms with Crippen LogP contribution in [0.1, 0.15) is 30.1 Å². The minimum Gasteiger partial charge on any atom is -0.483 e. The normalized spacial score (nSPS) is 10.5. The molecule has 3 N–H and O–H groups in total. The van der Waals surface area contributed by atoms with Crippen molar-refractivity contribution in [3.05, 3.63) is 69.1 Å². The van der Waals surface area contributed by atoms with Crippen LogP contribution in [0.2, 0.25) is 0 Å². The smallest absolute Gasteiger partial charge is 0.276 e. The molecule has 3 rings (SSSR count). The molecule has 0 atom stereocenters. The predicted molar refractivity (Wildman–Crippen MR) is 130 cm³/mol. The van der Waals surface area contributed by atoms with Crippen molar-refractivity contribution in [2.45, 2.75) is 19.8 Å². The van der Waals surface area contributed by atoms with Gasteiger partial charge in [0.05, 0.1) is 4.47 Å². The van der Waals surface area contributed by atoms with Gasteiger partial charge in [-0.2, -0.15) is 0 Å². The highest BCUT2D eigenvalue weighted by Gasteiger charge is 2.11. The maximum absolute atomic E-state index is 12.2. The molecule has 0 heterocycles. The Hall–Kier alpha value is -2.91. The molecule has 3 amide bonds. The van der Waals surface area contributed by atoms with Crippen molar-refractivity contribution in [2.75, 3.05) is 11.9 Å². The van der Waals surface area contributed by atoms with Gasteiger partial charge < -0.3 is 10.1 Å². The van der Waals surface area contributed by atoms with Crippen LogP contribution >= 0.6 is 31.9 Å². The predicted octanol–water partition coefficient (Wildman–Crippen LogP) is 4.94. The van der Waals surface area contributed by atoms with Crippen LogP contribution < -0.4 is 20.9 Å². The molecule has 0 aliphatic heterocycles. The second-order valence-electron chi connectivity index (χ2n) is 6.91. The molecule has 3 aromatic carbocycles. The Morgan fingerprint density at radius 2 is 1.66 bits per heavy atom. The van der Waals surface area contributed by atoms with Gasteiger partial charge in [0.25, 0.3) is 11.8 Å². The van der Waals surface area contributed by atoms with Crippen molar-refractivity contribution in [3.8, 4) is 5.75 Å². The van der Waals surface area contributed by atoms with Gasteiger partial charge in [-0.3, -0.25) is 25.2 Å². The summed E-state index contributed by atoms with van der Waals surface area (Å²) in [6.07, 6.45) is 1.19. The maximum atomic E-state index is 12.2. The number of hydrogen-bond acceptors (Lipinski definition) is 4. The lowest BCUT2D eigenvalue weighted by Gasteiger charge is -2.12. The zero-order valence-electron chi connectivity index (χ0n) is 17.2. The minimum absolute atomic E-state index is 0.0807. The Morgan fingerprint density at radius 1 is 0.906 bits per heavy atom. The van der Waals surface area contributed by atoms with E-state index < -0.39 is 11.8 Å². The average molecular weight is 563 g/mol. The Kier molecular flexibility index (Phi) is 8.24. The third-order valence-electron chi connectivity index (χ3n) is 4.46. The number of halogens is 2. The number of ether oxygens (including phenoxy) is 1. The Balaban J connectivity index is 1.50. The molecule has 0 unspecified atom stereocenters. The quantitative estimate of drug-likeness (QED) is 0.355. The van der Waals surface area contributed by atoms with Crippen molar-refractivity contribution < 1.29 is 19.1 Å². The molecule has 7 nitrogen and oxygen atoms in total. The highest BCUT2D eigenvalue weighted by Crippen LogP contribution is 2.34. The van der Waals surface area contributed by atoms with Crippen LogP contribution in [-0.4, -0.2) is 24.3 Å². The molecule has 0 bridgehead atoms. The van der Waals surface area contributed by atoms with E-state index in [2.05, 4.69) is 48.0 Å². The minimum atomic E-state index is -0.510. The van der Waals surface area contributed by atoms with Gasteiger partial charge in [0.2, 0.25) is 5.91 Å². The molecular weight excluding hydrogens is 542 g/mol. The van der Waals surface area contributed by atoms with Crippen LogP contribution in [0.5, 0.6) is 5.75 Å². The molecule has 0 saturated heterocycles.